The number of rotatable bonds is 5. The SMILES string of the molecule is COCCN1C(=O)C(=O)C(=C(O)c2ccncc2)C1c1cccc(Br)c1. The molecule has 2 aromatic rings. The van der Waals surface area contributed by atoms with E-state index >= 15 is 0 Å². The summed E-state index contributed by atoms with van der Waals surface area (Å²) in [4.78, 5) is 30.6. The molecule has 0 aliphatic carbocycles. The molecule has 1 aliphatic rings. The van der Waals surface area contributed by atoms with E-state index in [0.29, 0.717) is 5.56 Å². The maximum atomic E-state index is 12.7. The van der Waals surface area contributed by atoms with Crippen LogP contribution in [-0.2, 0) is 14.3 Å². The van der Waals surface area contributed by atoms with Crippen LogP contribution in [0.4, 0.5) is 0 Å². The first-order valence-electron chi connectivity index (χ1n) is 7.97. The number of hydrogen-bond donors (Lipinski definition) is 1. The number of aliphatic hydroxyl groups excluding tert-OH is 1. The summed E-state index contributed by atoms with van der Waals surface area (Å²) in [5, 5.41) is 10.8. The highest BCUT2D eigenvalue weighted by Gasteiger charge is 2.45. The minimum absolute atomic E-state index is 0.0652. The fraction of sp³-hybridized carbons (Fsp3) is 0.211. The first-order chi connectivity index (χ1) is 12.5. The number of ether oxygens (including phenoxy) is 1. The molecule has 134 valence electrons. The molecule has 0 bridgehead atoms. The summed E-state index contributed by atoms with van der Waals surface area (Å²) in [6.45, 7) is 0.526. The summed E-state index contributed by atoms with van der Waals surface area (Å²) in [5.74, 6) is -1.57. The average Bonchev–Trinajstić information content (AvgIpc) is 2.91. The predicted octanol–water partition coefficient (Wildman–Crippen LogP) is 2.91. The Hall–Kier alpha value is -2.51. The largest absolute Gasteiger partial charge is 0.507 e. The van der Waals surface area contributed by atoms with Gasteiger partial charge in [-0.1, -0.05) is 28.1 Å². The molecule has 1 aliphatic heterocycles. The van der Waals surface area contributed by atoms with Gasteiger partial charge in [0, 0.05) is 36.1 Å². The van der Waals surface area contributed by atoms with E-state index in [9.17, 15) is 14.7 Å². The number of hydrogen-bond acceptors (Lipinski definition) is 5. The number of ketones is 1. The number of pyridine rings is 1. The van der Waals surface area contributed by atoms with E-state index in [4.69, 9.17) is 4.74 Å². The number of amides is 1. The molecular weight excluding hydrogens is 400 g/mol. The van der Waals surface area contributed by atoms with Crippen LogP contribution in [-0.4, -0.2) is 46.9 Å². The first-order valence-corrected chi connectivity index (χ1v) is 8.77. The predicted molar refractivity (Wildman–Crippen MR) is 99.3 cm³/mol. The van der Waals surface area contributed by atoms with Gasteiger partial charge in [0.25, 0.3) is 11.7 Å². The van der Waals surface area contributed by atoms with Gasteiger partial charge < -0.3 is 14.7 Å². The van der Waals surface area contributed by atoms with Gasteiger partial charge in [0.1, 0.15) is 5.76 Å². The molecule has 2 heterocycles. The fourth-order valence-corrected chi connectivity index (χ4v) is 3.41. The summed E-state index contributed by atoms with van der Waals surface area (Å²) < 4.78 is 5.89. The molecular formula is C19H17BrN2O4. The van der Waals surface area contributed by atoms with Crippen molar-refractivity contribution in [3.63, 3.8) is 0 Å². The van der Waals surface area contributed by atoms with Crippen molar-refractivity contribution in [1.29, 1.82) is 0 Å². The first kappa shape index (κ1) is 18.3. The normalized spacial score (nSPS) is 19.2. The zero-order chi connectivity index (χ0) is 18.7. The van der Waals surface area contributed by atoms with Crippen molar-refractivity contribution in [2.45, 2.75) is 6.04 Å². The molecule has 1 fully saturated rings. The van der Waals surface area contributed by atoms with E-state index in [1.807, 2.05) is 24.3 Å². The van der Waals surface area contributed by atoms with Crippen LogP contribution < -0.4 is 0 Å². The Morgan fingerprint density at radius 2 is 2.00 bits per heavy atom. The van der Waals surface area contributed by atoms with Gasteiger partial charge in [0.2, 0.25) is 0 Å². The van der Waals surface area contributed by atoms with E-state index in [0.717, 1.165) is 10.0 Å². The van der Waals surface area contributed by atoms with E-state index in [2.05, 4.69) is 20.9 Å². The van der Waals surface area contributed by atoms with Gasteiger partial charge in [-0.2, -0.15) is 0 Å². The number of halogens is 1. The van der Waals surface area contributed by atoms with Gasteiger partial charge in [-0.3, -0.25) is 14.6 Å². The number of carbonyl (C=O) groups is 2. The van der Waals surface area contributed by atoms with Crippen LogP contribution in [0.2, 0.25) is 0 Å². The Labute approximate surface area is 159 Å². The van der Waals surface area contributed by atoms with E-state index in [1.165, 1.54) is 24.4 Å². The molecule has 1 amide bonds. The zero-order valence-electron chi connectivity index (χ0n) is 14.1. The molecule has 7 heteroatoms. The van der Waals surface area contributed by atoms with Crippen molar-refractivity contribution in [2.24, 2.45) is 0 Å². The molecule has 0 saturated carbocycles. The molecule has 1 atom stereocenters. The Morgan fingerprint density at radius 3 is 2.65 bits per heavy atom. The highest BCUT2D eigenvalue weighted by molar-refractivity contribution is 9.10. The van der Waals surface area contributed by atoms with Gasteiger partial charge in [-0.25, -0.2) is 0 Å². The molecule has 0 spiro atoms. The van der Waals surface area contributed by atoms with E-state index in [-0.39, 0.29) is 24.5 Å². The lowest BCUT2D eigenvalue weighted by Gasteiger charge is -2.25. The fourth-order valence-electron chi connectivity index (χ4n) is 2.99. The van der Waals surface area contributed by atoms with Crippen LogP contribution in [0.15, 0.2) is 58.8 Å². The number of nitrogens with zero attached hydrogens (tertiary/aromatic N) is 2. The Balaban J connectivity index is 2.16. The number of carbonyl (C=O) groups excluding carboxylic acids is 2. The van der Waals surface area contributed by atoms with Gasteiger partial charge >= 0.3 is 0 Å². The van der Waals surface area contributed by atoms with Gasteiger partial charge in [-0.05, 0) is 29.8 Å². The molecule has 3 rings (SSSR count). The standard InChI is InChI=1S/C19H17BrN2O4/c1-26-10-9-22-16(13-3-2-4-14(20)11-13)15(18(24)19(22)25)17(23)12-5-7-21-8-6-12/h2-8,11,16,23H,9-10H2,1H3. The number of Topliss-reactive ketones (excluding diaryl/α,β-unsaturated/α-hetero) is 1. The third-order valence-electron chi connectivity index (χ3n) is 4.19. The van der Waals surface area contributed by atoms with Crippen molar-refractivity contribution in [2.75, 3.05) is 20.3 Å². The highest BCUT2D eigenvalue weighted by atomic mass is 79.9. The van der Waals surface area contributed by atoms with E-state index in [1.54, 1.807) is 12.1 Å². The molecule has 0 radical (unpaired) electrons. The number of methoxy groups -OCH3 is 1. The van der Waals surface area contributed by atoms with Crippen molar-refractivity contribution in [1.82, 2.24) is 9.88 Å². The summed E-state index contributed by atoms with van der Waals surface area (Å²) in [6.07, 6.45) is 3.04. The van der Waals surface area contributed by atoms with Crippen molar-refractivity contribution in [3.05, 3.63) is 70.0 Å². The second-order valence-electron chi connectivity index (χ2n) is 5.78. The molecule has 1 N–H and O–H groups in total. The third-order valence-corrected chi connectivity index (χ3v) is 4.69. The molecule has 1 aromatic heterocycles. The molecule has 1 aromatic carbocycles. The van der Waals surface area contributed by atoms with Crippen LogP contribution in [0.25, 0.3) is 5.76 Å². The second kappa shape index (κ2) is 7.80. The minimum Gasteiger partial charge on any atom is -0.507 e. The average molecular weight is 417 g/mol. The Kier molecular flexibility index (Phi) is 5.49. The van der Waals surface area contributed by atoms with Crippen LogP contribution in [0.1, 0.15) is 17.2 Å². The number of benzene rings is 1. The molecule has 1 unspecified atom stereocenters. The zero-order valence-corrected chi connectivity index (χ0v) is 15.6. The molecule has 26 heavy (non-hydrogen) atoms. The van der Waals surface area contributed by atoms with Crippen molar-refractivity contribution in [3.8, 4) is 0 Å². The van der Waals surface area contributed by atoms with E-state index < -0.39 is 17.7 Å². The van der Waals surface area contributed by atoms with Gasteiger partial charge in [0.15, 0.2) is 0 Å². The summed E-state index contributed by atoms with van der Waals surface area (Å²) in [5.41, 5.74) is 1.23. The van der Waals surface area contributed by atoms with Crippen LogP contribution in [0, 0.1) is 0 Å². The van der Waals surface area contributed by atoms with Crippen LogP contribution in [0.3, 0.4) is 0 Å². The lowest BCUT2D eigenvalue weighted by Crippen LogP contribution is -2.32. The Morgan fingerprint density at radius 1 is 1.27 bits per heavy atom. The maximum absolute atomic E-state index is 12.7. The monoisotopic (exact) mass is 416 g/mol. The topological polar surface area (TPSA) is 79.7 Å². The van der Waals surface area contributed by atoms with Crippen LogP contribution >= 0.6 is 15.9 Å². The quantitative estimate of drug-likeness (QED) is 0.460. The smallest absolute Gasteiger partial charge is 0.295 e. The lowest BCUT2D eigenvalue weighted by molar-refractivity contribution is -0.140. The lowest BCUT2D eigenvalue weighted by atomic mass is 9.95. The summed E-state index contributed by atoms with van der Waals surface area (Å²) in [6, 6.07) is 9.83. The highest BCUT2D eigenvalue weighted by Crippen LogP contribution is 2.39. The van der Waals surface area contributed by atoms with Crippen LogP contribution in [0.5, 0.6) is 0 Å². The summed E-state index contributed by atoms with van der Waals surface area (Å²) in [7, 11) is 1.53. The minimum atomic E-state index is -0.708. The Bertz CT molecular complexity index is 867. The summed E-state index contributed by atoms with van der Waals surface area (Å²) >= 11 is 3.41. The van der Waals surface area contributed by atoms with Gasteiger partial charge in [0.05, 0.1) is 18.2 Å². The third kappa shape index (κ3) is 3.40. The second-order valence-corrected chi connectivity index (χ2v) is 6.69. The molecule has 6 nitrogen and oxygen atoms in total. The molecule has 1 saturated heterocycles. The van der Waals surface area contributed by atoms with Crippen molar-refractivity contribution >= 4 is 33.4 Å². The van der Waals surface area contributed by atoms with Gasteiger partial charge in [-0.15, -0.1) is 0 Å². The van der Waals surface area contributed by atoms with Crippen molar-refractivity contribution < 1.29 is 19.4 Å². The number of likely N-dealkylation sites (tertiary alicyclic amines) is 1. The number of aliphatic hydroxyl groups is 1. The number of aromatic nitrogens is 1. The maximum Gasteiger partial charge on any atom is 0.295 e.